The van der Waals surface area contributed by atoms with Crippen molar-refractivity contribution in [2.75, 3.05) is 0 Å². The van der Waals surface area contributed by atoms with Crippen molar-refractivity contribution in [3.05, 3.63) is 45.1 Å². The molecule has 0 radical (unpaired) electrons. The van der Waals surface area contributed by atoms with Crippen LogP contribution in [-0.2, 0) is 0 Å². The lowest BCUT2D eigenvalue weighted by Gasteiger charge is -2.17. The summed E-state index contributed by atoms with van der Waals surface area (Å²) in [5.74, 6) is 0. The molecule has 0 spiro atoms. The van der Waals surface area contributed by atoms with Crippen molar-refractivity contribution in [3.63, 3.8) is 0 Å². The van der Waals surface area contributed by atoms with Crippen molar-refractivity contribution >= 4 is 60.6 Å². The van der Waals surface area contributed by atoms with Gasteiger partial charge >= 0.3 is 0 Å². The van der Waals surface area contributed by atoms with Gasteiger partial charge < -0.3 is 5.73 Å². The van der Waals surface area contributed by atoms with Crippen LogP contribution in [-0.4, -0.2) is 11.0 Å². The van der Waals surface area contributed by atoms with E-state index >= 15 is 0 Å². The summed E-state index contributed by atoms with van der Waals surface area (Å²) >= 11 is 8.75. The fourth-order valence-electron chi connectivity index (χ4n) is 1.91. The van der Waals surface area contributed by atoms with Gasteiger partial charge in [-0.3, -0.25) is 0 Å². The number of nitrogens with two attached hydrogens (primary N) is 1. The lowest BCUT2D eigenvalue weighted by molar-refractivity contribution is 0.729. The second-order valence-corrected chi connectivity index (χ2v) is 8.79. The number of benzene rings is 1. The van der Waals surface area contributed by atoms with E-state index in [1.807, 2.05) is 12.1 Å². The highest BCUT2D eigenvalue weighted by Crippen LogP contribution is 2.43. The lowest BCUT2D eigenvalue weighted by atomic mass is 10.2. The van der Waals surface area contributed by atoms with Gasteiger partial charge in [0.2, 0.25) is 0 Å². The average molecular weight is 385 g/mol. The van der Waals surface area contributed by atoms with Crippen LogP contribution < -0.4 is 5.73 Å². The van der Waals surface area contributed by atoms with E-state index in [9.17, 15) is 0 Å². The topological polar surface area (TPSA) is 38.9 Å². The molecule has 0 amide bonds. The van der Waals surface area contributed by atoms with Crippen LogP contribution in [0.3, 0.4) is 0 Å². The quantitative estimate of drug-likeness (QED) is 0.620. The highest BCUT2D eigenvalue weighted by molar-refractivity contribution is 9.10. The number of thioether (sulfide) groups is 1. The zero-order valence-electron chi connectivity index (χ0n) is 10.7. The van der Waals surface area contributed by atoms with E-state index in [1.165, 1.54) is 9.58 Å². The fourth-order valence-corrected chi connectivity index (χ4v) is 6.00. The largest absolute Gasteiger partial charge is 0.327 e. The Labute approximate surface area is 138 Å². The molecule has 20 heavy (non-hydrogen) atoms. The molecule has 2 unspecified atom stereocenters. The summed E-state index contributed by atoms with van der Waals surface area (Å²) in [6.07, 6.45) is 0. The summed E-state index contributed by atoms with van der Waals surface area (Å²) < 4.78 is 3.43. The number of nitrogens with zero attached hydrogens (tertiary/aromatic N) is 1. The first-order valence-corrected chi connectivity index (χ1v) is 9.52. The molecular formula is C14H13BrN2S3. The van der Waals surface area contributed by atoms with Crippen LogP contribution in [0.25, 0.3) is 10.2 Å². The number of thiazole rings is 1. The van der Waals surface area contributed by atoms with Gasteiger partial charge in [0.15, 0.2) is 4.34 Å². The van der Waals surface area contributed by atoms with Gasteiger partial charge in [0.1, 0.15) is 0 Å². The smallest absolute Gasteiger partial charge is 0.151 e. The predicted molar refractivity (Wildman–Crippen MR) is 93.9 cm³/mol. The molecule has 0 aliphatic carbocycles. The Balaban J connectivity index is 1.89. The van der Waals surface area contributed by atoms with Crippen molar-refractivity contribution in [2.24, 2.45) is 5.73 Å². The van der Waals surface area contributed by atoms with E-state index < -0.39 is 0 Å². The Morgan fingerprint density at radius 3 is 2.80 bits per heavy atom. The van der Waals surface area contributed by atoms with Crippen molar-refractivity contribution in [3.8, 4) is 0 Å². The summed E-state index contributed by atoms with van der Waals surface area (Å²) in [5.41, 5.74) is 7.23. The van der Waals surface area contributed by atoms with E-state index in [1.54, 1.807) is 34.4 Å². The van der Waals surface area contributed by atoms with Crippen molar-refractivity contribution in [2.45, 2.75) is 22.6 Å². The number of thiophene rings is 1. The number of hydrogen-bond acceptors (Lipinski definition) is 5. The molecule has 0 bridgehead atoms. The number of rotatable bonds is 4. The molecule has 2 N–H and O–H groups in total. The minimum absolute atomic E-state index is 0.0811. The third-order valence-electron chi connectivity index (χ3n) is 2.85. The minimum atomic E-state index is 0.0811. The SMILES string of the molecule is CC(N)C(Sc1nc2ccccc2s1)c1cc(Br)cs1. The third kappa shape index (κ3) is 3.09. The Bertz CT molecular complexity index is 687. The van der Waals surface area contributed by atoms with Gasteiger partial charge in [-0.1, -0.05) is 23.9 Å². The van der Waals surface area contributed by atoms with E-state index in [0.717, 1.165) is 14.3 Å². The molecule has 104 valence electrons. The maximum Gasteiger partial charge on any atom is 0.151 e. The minimum Gasteiger partial charge on any atom is -0.327 e. The van der Waals surface area contributed by atoms with Crippen molar-refractivity contribution in [1.29, 1.82) is 0 Å². The van der Waals surface area contributed by atoms with E-state index in [2.05, 4.69) is 51.4 Å². The van der Waals surface area contributed by atoms with Crippen LogP contribution in [0.2, 0.25) is 0 Å². The van der Waals surface area contributed by atoms with Gasteiger partial charge in [-0.25, -0.2) is 4.98 Å². The second-order valence-electron chi connectivity index (χ2n) is 4.51. The summed E-state index contributed by atoms with van der Waals surface area (Å²) in [7, 11) is 0. The van der Waals surface area contributed by atoms with Crippen LogP contribution in [0.1, 0.15) is 17.1 Å². The molecule has 0 fully saturated rings. The predicted octanol–water partition coefficient (Wildman–Crippen LogP) is 5.30. The molecular weight excluding hydrogens is 372 g/mol. The summed E-state index contributed by atoms with van der Waals surface area (Å²) in [6, 6.07) is 10.5. The molecule has 1 aromatic carbocycles. The standard InChI is InChI=1S/C14H13BrN2S3/c1-8(16)13(12-6-9(15)7-18-12)20-14-17-10-4-2-3-5-11(10)19-14/h2-8,13H,16H2,1H3. The molecule has 0 saturated heterocycles. The molecule has 0 saturated carbocycles. The number of aromatic nitrogens is 1. The van der Waals surface area contributed by atoms with Crippen molar-refractivity contribution < 1.29 is 0 Å². The van der Waals surface area contributed by atoms with Gasteiger partial charge in [0.25, 0.3) is 0 Å². The Kier molecular flexibility index (Phi) is 4.47. The normalized spacial score (nSPS) is 14.6. The second kappa shape index (κ2) is 6.15. The molecule has 2 nitrogen and oxygen atoms in total. The Morgan fingerprint density at radius 1 is 1.35 bits per heavy atom. The number of halogens is 1. The first-order chi connectivity index (χ1) is 9.63. The highest BCUT2D eigenvalue weighted by atomic mass is 79.9. The van der Waals surface area contributed by atoms with Gasteiger partial charge in [0.05, 0.1) is 15.5 Å². The average Bonchev–Trinajstić information content (AvgIpc) is 3.01. The first kappa shape index (κ1) is 14.5. The Morgan fingerprint density at radius 2 is 2.15 bits per heavy atom. The number of fused-ring (bicyclic) bond motifs is 1. The van der Waals surface area contributed by atoms with Gasteiger partial charge in [-0.2, -0.15) is 0 Å². The maximum atomic E-state index is 6.17. The lowest BCUT2D eigenvalue weighted by Crippen LogP contribution is -2.21. The zero-order chi connectivity index (χ0) is 14.1. The van der Waals surface area contributed by atoms with Crippen molar-refractivity contribution in [1.82, 2.24) is 4.98 Å². The zero-order valence-corrected chi connectivity index (χ0v) is 14.8. The molecule has 0 aliphatic rings. The summed E-state index contributed by atoms with van der Waals surface area (Å²) in [6.45, 7) is 2.05. The fraction of sp³-hybridized carbons (Fsp3) is 0.214. The Hall–Kier alpha value is -0.400. The molecule has 2 heterocycles. The monoisotopic (exact) mass is 384 g/mol. The van der Waals surface area contributed by atoms with Gasteiger partial charge in [-0.15, -0.1) is 22.7 Å². The molecule has 6 heteroatoms. The first-order valence-electron chi connectivity index (χ1n) is 6.15. The van der Waals surface area contributed by atoms with Crippen LogP contribution in [0.5, 0.6) is 0 Å². The molecule has 3 aromatic rings. The summed E-state index contributed by atoms with van der Waals surface area (Å²) in [5, 5.41) is 2.34. The summed E-state index contributed by atoms with van der Waals surface area (Å²) in [4.78, 5) is 5.97. The van der Waals surface area contributed by atoms with E-state index in [0.29, 0.717) is 0 Å². The highest BCUT2D eigenvalue weighted by Gasteiger charge is 2.21. The van der Waals surface area contributed by atoms with Crippen LogP contribution in [0.4, 0.5) is 0 Å². The number of para-hydroxylation sites is 1. The number of hydrogen-bond donors (Lipinski definition) is 1. The van der Waals surface area contributed by atoms with E-state index in [-0.39, 0.29) is 11.3 Å². The molecule has 2 atom stereocenters. The van der Waals surface area contributed by atoms with Crippen LogP contribution in [0, 0.1) is 0 Å². The van der Waals surface area contributed by atoms with Crippen LogP contribution >= 0.6 is 50.4 Å². The molecule has 2 aromatic heterocycles. The van der Waals surface area contributed by atoms with Crippen LogP contribution in [0.15, 0.2) is 44.5 Å². The maximum absolute atomic E-state index is 6.17. The van der Waals surface area contributed by atoms with E-state index in [4.69, 9.17) is 5.73 Å². The third-order valence-corrected chi connectivity index (χ3v) is 7.37. The molecule has 3 rings (SSSR count). The van der Waals surface area contributed by atoms with Gasteiger partial charge in [0, 0.05) is 20.8 Å². The van der Waals surface area contributed by atoms with Gasteiger partial charge in [-0.05, 0) is 41.1 Å². The molecule has 0 aliphatic heterocycles.